The van der Waals surface area contributed by atoms with E-state index in [-0.39, 0.29) is 6.04 Å². The lowest BCUT2D eigenvalue weighted by atomic mass is 10.1. The Morgan fingerprint density at radius 1 is 0.800 bits per heavy atom. The van der Waals surface area contributed by atoms with Crippen LogP contribution in [-0.4, -0.2) is 8.42 Å². The smallest absolute Gasteiger partial charge is 0.259 e. The van der Waals surface area contributed by atoms with E-state index >= 15 is 0 Å². The molecule has 25 heavy (non-hydrogen) atoms. The minimum Gasteiger partial charge on any atom is -0.259 e. The van der Waals surface area contributed by atoms with Crippen LogP contribution in [0, 0.1) is 6.92 Å². The molecule has 0 fully saturated rings. The molecule has 0 aromatic heterocycles. The predicted molar refractivity (Wildman–Crippen MR) is 102 cm³/mol. The molecule has 0 aliphatic heterocycles. The summed E-state index contributed by atoms with van der Waals surface area (Å²) in [5.41, 5.74) is 2.72. The van der Waals surface area contributed by atoms with Gasteiger partial charge in [0.05, 0.1) is 16.6 Å². The van der Waals surface area contributed by atoms with Gasteiger partial charge in [0.1, 0.15) is 0 Å². The molecule has 1 unspecified atom stereocenters. The fourth-order valence-electron chi connectivity index (χ4n) is 2.92. The molecule has 0 heterocycles. The zero-order valence-corrected chi connectivity index (χ0v) is 15.1. The number of rotatable bonds is 5. The molecule has 0 radical (unpaired) electrons. The van der Waals surface area contributed by atoms with Crippen LogP contribution in [0.5, 0.6) is 0 Å². The molecule has 0 saturated carbocycles. The Balaban J connectivity index is 2.14. The third-order valence-electron chi connectivity index (χ3n) is 4.19. The van der Waals surface area contributed by atoms with Crippen molar-refractivity contribution in [2.24, 2.45) is 0 Å². The fraction of sp³-hybridized carbons (Fsp3) is 0.143. The lowest BCUT2D eigenvalue weighted by molar-refractivity contribution is 0.583. The molecule has 3 nitrogen and oxygen atoms in total. The second kappa shape index (κ2) is 7.11. The molecule has 0 spiro atoms. The van der Waals surface area contributed by atoms with Gasteiger partial charge in [0, 0.05) is 0 Å². The summed E-state index contributed by atoms with van der Waals surface area (Å²) in [5, 5.41) is 0. The normalized spacial score (nSPS) is 12.6. The van der Waals surface area contributed by atoms with Gasteiger partial charge in [0.25, 0.3) is 10.0 Å². The Bertz CT molecular complexity index is 938. The summed E-state index contributed by atoms with van der Waals surface area (Å²) in [6.45, 7) is 3.93. The minimum atomic E-state index is -3.68. The molecular weight excluding hydrogens is 330 g/mol. The standard InChI is InChI=1S/C21H21NO2S/c1-17-10-9-11-19(16-17)18(2)22(20-12-5-3-6-13-20)25(23,24)21-14-7-4-8-15-21/h3-16,18H,1-2H3. The van der Waals surface area contributed by atoms with Crippen molar-refractivity contribution in [2.45, 2.75) is 24.8 Å². The van der Waals surface area contributed by atoms with E-state index in [9.17, 15) is 8.42 Å². The number of hydrogen-bond donors (Lipinski definition) is 0. The van der Waals surface area contributed by atoms with Gasteiger partial charge in [0.15, 0.2) is 0 Å². The van der Waals surface area contributed by atoms with Crippen molar-refractivity contribution in [1.29, 1.82) is 0 Å². The van der Waals surface area contributed by atoms with Gasteiger partial charge < -0.3 is 0 Å². The quantitative estimate of drug-likeness (QED) is 0.652. The third kappa shape index (κ3) is 3.59. The molecule has 1 atom stereocenters. The molecule has 3 aromatic rings. The Labute approximate surface area is 149 Å². The number of para-hydroxylation sites is 1. The maximum Gasteiger partial charge on any atom is 0.264 e. The van der Waals surface area contributed by atoms with E-state index in [4.69, 9.17) is 0 Å². The predicted octanol–water partition coefficient (Wildman–Crippen LogP) is 4.95. The largest absolute Gasteiger partial charge is 0.264 e. The summed E-state index contributed by atoms with van der Waals surface area (Å²) in [6.07, 6.45) is 0. The third-order valence-corrected chi connectivity index (χ3v) is 6.10. The van der Waals surface area contributed by atoms with Gasteiger partial charge in [-0.2, -0.15) is 0 Å². The van der Waals surface area contributed by atoms with Crippen LogP contribution in [0.1, 0.15) is 24.1 Å². The van der Waals surface area contributed by atoms with Crippen LogP contribution in [-0.2, 0) is 10.0 Å². The zero-order valence-electron chi connectivity index (χ0n) is 14.3. The summed E-state index contributed by atoms with van der Waals surface area (Å²) < 4.78 is 28.2. The first-order valence-electron chi connectivity index (χ1n) is 8.21. The lowest BCUT2D eigenvalue weighted by Crippen LogP contribution is -2.33. The van der Waals surface area contributed by atoms with Gasteiger partial charge in [-0.25, -0.2) is 8.42 Å². The van der Waals surface area contributed by atoms with E-state index in [1.807, 2.05) is 74.5 Å². The maximum absolute atomic E-state index is 13.4. The molecule has 0 amide bonds. The average molecular weight is 351 g/mol. The molecular formula is C21H21NO2S. The van der Waals surface area contributed by atoms with E-state index in [0.29, 0.717) is 10.6 Å². The lowest BCUT2D eigenvalue weighted by Gasteiger charge is -2.31. The van der Waals surface area contributed by atoms with Crippen LogP contribution >= 0.6 is 0 Å². The van der Waals surface area contributed by atoms with Crippen molar-refractivity contribution in [2.75, 3.05) is 4.31 Å². The van der Waals surface area contributed by atoms with Crippen LogP contribution in [0.2, 0.25) is 0 Å². The molecule has 128 valence electrons. The van der Waals surface area contributed by atoms with Crippen LogP contribution in [0.3, 0.4) is 0 Å². The van der Waals surface area contributed by atoms with E-state index in [2.05, 4.69) is 0 Å². The zero-order chi connectivity index (χ0) is 17.9. The van der Waals surface area contributed by atoms with Gasteiger partial charge in [-0.05, 0) is 43.7 Å². The van der Waals surface area contributed by atoms with E-state index in [1.165, 1.54) is 4.31 Å². The molecule has 3 aromatic carbocycles. The Kier molecular flexibility index (Phi) is 4.91. The monoisotopic (exact) mass is 351 g/mol. The highest BCUT2D eigenvalue weighted by Gasteiger charge is 2.30. The van der Waals surface area contributed by atoms with Crippen molar-refractivity contribution in [3.8, 4) is 0 Å². The first-order valence-corrected chi connectivity index (χ1v) is 9.65. The molecule has 0 N–H and O–H groups in total. The fourth-order valence-corrected chi connectivity index (χ4v) is 4.58. The Morgan fingerprint density at radius 2 is 1.40 bits per heavy atom. The number of nitrogens with zero attached hydrogens (tertiary/aromatic N) is 1. The second-order valence-electron chi connectivity index (χ2n) is 6.04. The van der Waals surface area contributed by atoms with Gasteiger partial charge in [0.2, 0.25) is 0 Å². The number of aryl methyl sites for hydroxylation is 1. The maximum atomic E-state index is 13.4. The number of hydrogen-bond acceptors (Lipinski definition) is 2. The van der Waals surface area contributed by atoms with E-state index in [0.717, 1.165) is 11.1 Å². The van der Waals surface area contributed by atoms with Crippen LogP contribution in [0.15, 0.2) is 89.8 Å². The van der Waals surface area contributed by atoms with Crippen LogP contribution in [0.25, 0.3) is 0 Å². The van der Waals surface area contributed by atoms with Crippen LogP contribution in [0.4, 0.5) is 5.69 Å². The van der Waals surface area contributed by atoms with Crippen LogP contribution < -0.4 is 4.31 Å². The first kappa shape index (κ1) is 17.2. The highest BCUT2D eigenvalue weighted by molar-refractivity contribution is 7.92. The Hall–Kier alpha value is -2.59. The average Bonchev–Trinajstić information content (AvgIpc) is 2.63. The van der Waals surface area contributed by atoms with E-state index < -0.39 is 10.0 Å². The molecule has 4 heteroatoms. The SMILES string of the molecule is Cc1cccc(C(C)N(c2ccccc2)S(=O)(=O)c2ccccc2)c1. The van der Waals surface area contributed by atoms with Gasteiger partial charge in [-0.1, -0.05) is 66.2 Å². The second-order valence-corrected chi connectivity index (χ2v) is 7.85. The van der Waals surface area contributed by atoms with Gasteiger partial charge >= 0.3 is 0 Å². The summed E-state index contributed by atoms with van der Waals surface area (Å²) in [4.78, 5) is 0.290. The molecule has 3 rings (SSSR count). The number of benzene rings is 3. The summed E-state index contributed by atoms with van der Waals surface area (Å²) in [5.74, 6) is 0. The van der Waals surface area contributed by atoms with Gasteiger partial charge in [-0.15, -0.1) is 0 Å². The topological polar surface area (TPSA) is 37.4 Å². The highest BCUT2D eigenvalue weighted by atomic mass is 32.2. The Morgan fingerprint density at radius 3 is 2.00 bits per heavy atom. The van der Waals surface area contributed by atoms with Crippen molar-refractivity contribution in [3.05, 3.63) is 96.1 Å². The van der Waals surface area contributed by atoms with E-state index in [1.54, 1.807) is 24.3 Å². The minimum absolute atomic E-state index is 0.290. The molecule has 0 aliphatic rings. The number of sulfonamides is 1. The summed E-state index contributed by atoms with van der Waals surface area (Å²) >= 11 is 0. The molecule has 0 aliphatic carbocycles. The molecule has 0 saturated heterocycles. The highest BCUT2D eigenvalue weighted by Crippen LogP contribution is 2.33. The van der Waals surface area contributed by atoms with Crippen molar-refractivity contribution in [1.82, 2.24) is 0 Å². The van der Waals surface area contributed by atoms with Crippen molar-refractivity contribution >= 4 is 15.7 Å². The van der Waals surface area contributed by atoms with Crippen molar-refractivity contribution < 1.29 is 8.42 Å². The first-order chi connectivity index (χ1) is 12.0. The van der Waals surface area contributed by atoms with Gasteiger partial charge in [-0.3, -0.25) is 4.31 Å². The summed E-state index contributed by atoms with van der Waals surface area (Å²) in [7, 11) is -3.68. The number of anilines is 1. The van der Waals surface area contributed by atoms with Crippen molar-refractivity contribution in [3.63, 3.8) is 0 Å². The summed E-state index contributed by atoms with van der Waals surface area (Å²) in [6, 6.07) is 25.4. The molecule has 0 bridgehead atoms.